The normalized spacial score (nSPS) is 16.1. The van der Waals surface area contributed by atoms with E-state index in [1.165, 1.54) is 54.0 Å². The maximum absolute atomic E-state index is 13.0. The lowest BCUT2D eigenvalue weighted by Crippen LogP contribution is -2.62. The van der Waals surface area contributed by atoms with Crippen LogP contribution in [-0.4, -0.2) is 47.9 Å². The fraction of sp³-hybridized carbons (Fsp3) is 0.300. The van der Waals surface area contributed by atoms with Crippen molar-refractivity contribution in [3.05, 3.63) is 54.3 Å². The third-order valence-corrected chi connectivity index (χ3v) is 7.27. The van der Waals surface area contributed by atoms with E-state index in [2.05, 4.69) is 5.32 Å². The van der Waals surface area contributed by atoms with Crippen molar-refractivity contribution in [2.24, 2.45) is 0 Å². The summed E-state index contributed by atoms with van der Waals surface area (Å²) in [4.78, 5) is 23.3. The van der Waals surface area contributed by atoms with E-state index in [9.17, 15) is 27.5 Å². The number of carbonyl (C=O) groups excluding carboxylic acids is 1. The van der Waals surface area contributed by atoms with Crippen LogP contribution in [0.1, 0.15) is 19.3 Å². The van der Waals surface area contributed by atoms with Gasteiger partial charge < -0.3 is 15.2 Å². The molecular formula is C20H21FN2O7S. The molecule has 4 N–H and O–H groups in total. The monoisotopic (exact) mass is 452 g/mol. The lowest BCUT2D eigenvalue weighted by molar-refractivity contribution is -0.141. The fourth-order valence-corrected chi connectivity index (χ4v) is 4.65. The van der Waals surface area contributed by atoms with Crippen LogP contribution in [0.5, 0.6) is 11.5 Å². The number of halogens is 1. The molecule has 3 rings (SSSR count). The molecule has 31 heavy (non-hydrogen) atoms. The van der Waals surface area contributed by atoms with Crippen molar-refractivity contribution in [2.75, 3.05) is 6.54 Å². The second-order valence-corrected chi connectivity index (χ2v) is 9.29. The molecule has 9 nitrogen and oxygen atoms in total. The topological polar surface area (TPSA) is 142 Å². The molecule has 1 fully saturated rings. The molecule has 1 amide bonds. The Kier molecular flexibility index (Phi) is 6.58. The minimum absolute atomic E-state index is 0.234. The van der Waals surface area contributed by atoms with Gasteiger partial charge in [-0.05, 0) is 67.8 Å². The van der Waals surface area contributed by atoms with Crippen molar-refractivity contribution in [1.82, 2.24) is 10.8 Å². The average molecular weight is 452 g/mol. The lowest BCUT2D eigenvalue weighted by Gasteiger charge is -2.40. The van der Waals surface area contributed by atoms with Crippen molar-refractivity contribution in [3.63, 3.8) is 0 Å². The molecule has 0 radical (unpaired) electrons. The Balaban J connectivity index is 1.75. The zero-order chi connectivity index (χ0) is 22.6. The molecule has 2 aromatic rings. The van der Waals surface area contributed by atoms with Crippen LogP contribution >= 0.6 is 0 Å². The van der Waals surface area contributed by atoms with Gasteiger partial charge in [-0.2, -0.15) is 0 Å². The minimum Gasteiger partial charge on any atom is -0.480 e. The minimum atomic E-state index is -4.30. The summed E-state index contributed by atoms with van der Waals surface area (Å²) in [5.41, 5.74) is 0.338. The van der Waals surface area contributed by atoms with E-state index in [4.69, 9.17) is 9.94 Å². The van der Waals surface area contributed by atoms with E-state index in [1.54, 1.807) is 0 Å². The molecule has 1 aliphatic rings. The fourth-order valence-electron chi connectivity index (χ4n) is 3.24. The number of benzene rings is 2. The van der Waals surface area contributed by atoms with E-state index in [1.807, 2.05) is 0 Å². The molecule has 0 aliphatic heterocycles. The van der Waals surface area contributed by atoms with Gasteiger partial charge in [0.2, 0.25) is 0 Å². The Bertz CT molecular complexity index is 1050. The molecule has 1 atom stereocenters. The van der Waals surface area contributed by atoms with E-state index in [-0.39, 0.29) is 10.6 Å². The van der Waals surface area contributed by atoms with Gasteiger partial charge in [0.05, 0.1) is 4.90 Å². The summed E-state index contributed by atoms with van der Waals surface area (Å²) in [5, 5.41) is 19.2. The molecule has 11 heteroatoms. The number of hydrogen-bond donors (Lipinski definition) is 4. The zero-order valence-corrected chi connectivity index (χ0v) is 17.1. The lowest BCUT2D eigenvalue weighted by atomic mass is 9.76. The summed E-state index contributed by atoms with van der Waals surface area (Å²) < 4.78 is 44.3. The van der Waals surface area contributed by atoms with Crippen molar-refractivity contribution in [2.45, 2.75) is 34.9 Å². The van der Waals surface area contributed by atoms with Crippen LogP contribution in [-0.2, 0) is 19.4 Å². The van der Waals surface area contributed by atoms with Crippen LogP contribution in [0.3, 0.4) is 0 Å². The highest BCUT2D eigenvalue weighted by Gasteiger charge is 2.46. The Morgan fingerprint density at radius 3 is 2.06 bits per heavy atom. The van der Waals surface area contributed by atoms with Gasteiger partial charge in [0.15, 0.2) is 15.1 Å². The summed E-state index contributed by atoms with van der Waals surface area (Å²) in [6, 6.07) is 10.4. The summed E-state index contributed by atoms with van der Waals surface area (Å²) in [5.74, 6) is -2.11. The van der Waals surface area contributed by atoms with Crippen molar-refractivity contribution in [3.8, 4) is 11.5 Å². The van der Waals surface area contributed by atoms with Gasteiger partial charge in [0, 0.05) is 6.54 Å². The van der Waals surface area contributed by atoms with Gasteiger partial charge in [0.25, 0.3) is 5.91 Å². The van der Waals surface area contributed by atoms with Gasteiger partial charge in [-0.3, -0.25) is 14.8 Å². The number of ether oxygens (including phenoxy) is 1. The number of amides is 1. The number of carboxylic acid groups (broad SMARTS) is 1. The number of hydroxylamine groups is 1. The number of hydrogen-bond acceptors (Lipinski definition) is 7. The highest BCUT2D eigenvalue weighted by Crippen LogP contribution is 2.32. The molecular weight excluding hydrogens is 431 g/mol. The van der Waals surface area contributed by atoms with E-state index in [0.717, 1.165) is 0 Å². The third-order valence-electron chi connectivity index (χ3n) is 5.22. The largest absolute Gasteiger partial charge is 0.480 e. The molecule has 166 valence electrons. The van der Waals surface area contributed by atoms with E-state index < -0.39 is 44.9 Å². The molecule has 0 spiro atoms. The Hall–Kier alpha value is -3.02. The first-order chi connectivity index (χ1) is 14.7. The van der Waals surface area contributed by atoms with Crippen molar-refractivity contribution < 1.29 is 37.4 Å². The van der Waals surface area contributed by atoms with Crippen LogP contribution in [0.15, 0.2) is 53.4 Å². The van der Waals surface area contributed by atoms with Gasteiger partial charge in [0.1, 0.15) is 22.9 Å². The quantitative estimate of drug-likeness (QED) is 0.334. The molecule has 1 aliphatic carbocycles. The maximum Gasteiger partial charge on any atom is 0.323 e. The first-order valence-electron chi connectivity index (χ1n) is 9.38. The summed E-state index contributed by atoms with van der Waals surface area (Å²) in [6.07, 6.45) is 1.38. The van der Waals surface area contributed by atoms with Gasteiger partial charge >= 0.3 is 5.97 Å². The Morgan fingerprint density at radius 1 is 1.06 bits per heavy atom. The first kappa shape index (κ1) is 22.7. The molecule has 1 saturated carbocycles. The van der Waals surface area contributed by atoms with Crippen LogP contribution in [0.2, 0.25) is 0 Å². The highest BCUT2D eigenvalue weighted by atomic mass is 32.2. The average Bonchev–Trinajstić information content (AvgIpc) is 2.71. The van der Waals surface area contributed by atoms with Gasteiger partial charge in [-0.25, -0.2) is 18.3 Å². The van der Waals surface area contributed by atoms with Gasteiger partial charge in [-0.1, -0.05) is 0 Å². The number of carbonyl (C=O) groups is 2. The standard InChI is InChI=1S/C20H21FN2O7S/c21-13-2-4-14(5-3-13)30-15-6-8-16(9-7-15)31(28,29)17(18(24)25)12-22-20(10-1-11-20)19(26)23-27/h2-9,17,22,27H,1,10-12H2,(H,23,26)(H,24,25). The van der Waals surface area contributed by atoms with Crippen LogP contribution in [0.25, 0.3) is 0 Å². The van der Waals surface area contributed by atoms with Gasteiger partial charge in [-0.15, -0.1) is 0 Å². The first-order valence-corrected chi connectivity index (χ1v) is 10.9. The number of rotatable bonds is 9. The number of sulfone groups is 1. The summed E-state index contributed by atoms with van der Waals surface area (Å²) in [7, 11) is -4.30. The van der Waals surface area contributed by atoms with Crippen LogP contribution in [0.4, 0.5) is 4.39 Å². The molecule has 0 aromatic heterocycles. The SMILES string of the molecule is O=C(O)C(CNC1(C(=O)NO)CCC1)S(=O)(=O)c1ccc(Oc2ccc(F)cc2)cc1. The summed E-state index contributed by atoms with van der Waals surface area (Å²) in [6.45, 7) is -0.515. The predicted octanol–water partition coefficient (Wildman–Crippen LogP) is 1.86. The smallest absolute Gasteiger partial charge is 0.323 e. The maximum atomic E-state index is 13.0. The van der Waals surface area contributed by atoms with Crippen LogP contribution < -0.4 is 15.5 Å². The molecule has 0 bridgehead atoms. The third kappa shape index (κ3) is 4.84. The van der Waals surface area contributed by atoms with Crippen molar-refractivity contribution in [1.29, 1.82) is 0 Å². The second-order valence-electron chi connectivity index (χ2n) is 7.16. The number of nitrogens with one attached hydrogen (secondary N) is 2. The second kappa shape index (κ2) is 9.00. The molecule has 0 heterocycles. The Labute approximate surface area is 177 Å². The predicted molar refractivity (Wildman–Crippen MR) is 106 cm³/mol. The molecule has 2 aromatic carbocycles. The zero-order valence-electron chi connectivity index (χ0n) is 16.2. The van der Waals surface area contributed by atoms with Crippen LogP contribution in [0, 0.1) is 5.82 Å². The summed E-state index contributed by atoms with van der Waals surface area (Å²) >= 11 is 0. The highest BCUT2D eigenvalue weighted by molar-refractivity contribution is 7.92. The molecule has 0 saturated heterocycles. The van der Waals surface area contributed by atoms with Crippen molar-refractivity contribution >= 4 is 21.7 Å². The van der Waals surface area contributed by atoms with E-state index >= 15 is 0 Å². The number of aliphatic carboxylic acids is 1. The number of carboxylic acids is 1. The Morgan fingerprint density at radius 2 is 1.61 bits per heavy atom. The molecule has 1 unspecified atom stereocenters. The van der Waals surface area contributed by atoms with E-state index in [0.29, 0.717) is 25.0 Å².